The molecule has 1 unspecified atom stereocenters. The molecule has 0 amide bonds. The fourth-order valence-electron chi connectivity index (χ4n) is 8.72. The summed E-state index contributed by atoms with van der Waals surface area (Å²) in [7, 11) is 0. The summed E-state index contributed by atoms with van der Waals surface area (Å²) in [6, 6.07) is 71.1. The first kappa shape index (κ1) is 43.3. The standard InChI is InChI=1S/C37H24N3S.C23H26GeN.Ir/c1-24-22-23-30-29-18-11-19-31(35(29)41-37(30)38-24)36-39-32-20-8-9-21-33(32)40(36)34-27(25-12-4-2-5-13-25)16-10-17-28(34)26-14-6-3-7-15-26;1-18(19-11-7-5-8-12-19)15-21-16-23(20-13-9-6-10-14-20)25-17-22(21)24(2,3)4;/h2-18,20-23H,1H3;5-13,16-18H,15H2,1-4H3;/q2*-1;/i;15D2;. The number of benzene rings is 7. The van der Waals surface area contributed by atoms with Crippen LogP contribution in [0, 0.1) is 19.1 Å². The molecule has 11 rings (SSSR count). The van der Waals surface area contributed by atoms with E-state index in [1.54, 1.807) is 11.3 Å². The summed E-state index contributed by atoms with van der Waals surface area (Å²) in [4.78, 5) is 15.9. The largest absolute Gasteiger partial charge is 0 e. The summed E-state index contributed by atoms with van der Waals surface area (Å²) in [5.41, 5.74) is 13.2. The maximum absolute atomic E-state index is 9.05. The molecule has 0 saturated heterocycles. The Morgan fingerprint density at radius 2 is 1.33 bits per heavy atom. The van der Waals surface area contributed by atoms with Crippen molar-refractivity contribution in [2.45, 2.75) is 43.4 Å². The van der Waals surface area contributed by atoms with Gasteiger partial charge in [0, 0.05) is 36.9 Å². The van der Waals surface area contributed by atoms with E-state index in [9.17, 15) is 0 Å². The summed E-state index contributed by atoms with van der Waals surface area (Å²) in [5, 5.41) is 2.35. The number of aryl methyl sites for hydroxylation is 1. The van der Waals surface area contributed by atoms with Gasteiger partial charge >= 0.3 is 157 Å². The van der Waals surface area contributed by atoms with Gasteiger partial charge in [0.15, 0.2) is 0 Å². The maximum Gasteiger partial charge on any atom is 0 e. The Balaban J connectivity index is 0.000000185. The van der Waals surface area contributed by atoms with Crippen LogP contribution in [0.3, 0.4) is 0 Å². The number of rotatable bonds is 9. The van der Waals surface area contributed by atoms with Crippen molar-refractivity contribution in [1.82, 2.24) is 19.5 Å². The number of hydrogen-bond acceptors (Lipinski definition) is 4. The number of fused-ring (bicyclic) bond motifs is 4. The Kier molecular flexibility index (Phi) is 12.9. The fourth-order valence-corrected chi connectivity index (χ4v) is 12.9. The van der Waals surface area contributed by atoms with Gasteiger partial charge in [-0.25, -0.2) is 4.98 Å². The average molecular weight is 1130 g/mol. The first-order valence-electron chi connectivity index (χ1n) is 23.4. The molecular weight excluding hydrogens is 1070 g/mol. The van der Waals surface area contributed by atoms with Gasteiger partial charge < -0.3 is 4.57 Å². The molecule has 67 heavy (non-hydrogen) atoms. The summed E-state index contributed by atoms with van der Waals surface area (Å²) in [6.45, 7) is 4.02. The predicted molar refractivity (Wildman–Crippen MR) is 282 cm³/mol. The first-order valence-corrected chi connectivity index (χ1v) is 30.6. The van der Waals surface area contributed by atoms with Crippen LogP contribution in [0.25, 0.3) is 81.9 Å². The monoisotopic (exact) mass is 1130 g/mol. The first-order chi connectivity index (χ1) is 33.0. The molecule has 4 nitrogen and oxygen atoms in total. The van der Waals surface area contributed by atoms with Crippen LogP contribution in [0.2, 0.25) is 17.3 Å². The van der Waals surface area contributed by atoms with E-state index in [2.05, 4.69) is 160 Å². The molecule has 0 saturated carbocycles. The Morgan fingerprint density at radius 3 is 2.00 bits per heavy atom. The number of aromatic nitrogens is 4. The van der Waals surface area contributed by atoms with Crippen molar-refractivity contribution in [2.75, 3.05) is 0 Å². The van der Waals surface area contributed by atoms with Gasteiger partial charge in [0.1, 0.15) is 4.83 Å². The third-order valence-corrected chi connectivity index (χ3v) is 17.4. The Hall–Kier alpha value is -6.28. The van der Waals surface area contributed by atoms with Gasteiger partial charge in [-0.15, -0.1) is 18.2 Å². The van der Waals surface area contributed by atoms with Crippen molar-refractivity contribution in [1.29, 1.82) is 0 Å². The quantitative estimate of drug-likeness (QED) is 0.107. The third kappa shape index (κ3) is 9.50. The molecule has 0 aliphatic heterocycles. The molecule has 1 atom stereocenters. The topological polar surface area (TPSA) is 43.6 Å². The van der Waals surface area contributed by atoms with Crippen molar-refractivity contribution in [3.8, 4) is 50.6 Å². The molecule has 0 N–H and O–H groups in total. The van der Waals surface area contributed by atoms with Gasteiger partial charge in [0.05, 0.1) is 22.5 Å². The van der Waals surface area contributed by atoms with Crippen LogP contribution >= 0.6 is 11.3 Å². The molecule has 11 aromatic rings. The minimum atomic E-state index is -2.32. The predicted octanol–water partition coefficient (Wildman–Crippen LogP) is 15.3. The zero-order valence-electron chi connectivity index (χ0n) is 40.1. The number of thiophene rings is 1. The fraction of sp³-hybridized carbons (Fsp3) is 0.117. The second-order valence-electron chi connectivity index (χ2n) is 17.6. The molecule has 7 heteroatoms. The van der Waals surface area contributed by atoms with Gasteiger partial charge in [-0.3, -0.25) is 4.98 Å². The van der Waals surface area contributed by atoms with Crippen LogP contribution in [0.5, 0.6) is 0 Å². The van der Waals surface area contributed by atoms with Crippen molar-refractivity contribution in [3.05, 3.63) is 223 Å². The van der Waals surface area contributed by atoms with Crippen LogP contribution in [0.15, 0.2) is 194 Å². The molecule has 4 aromatic heterocycles. The second-order valence-corrected chi connectivity index (χ2v) is 29.2. The second kappa shape index (κ2) is 19.9. The van der Waals surface area contributed by atoms with E-state index in [1.165, 1.54) is 10.8 Å². The molecule has 7 aromatic carbocycles. The number of para-hydroxylation sites is 3. The van der Waals surface area contributed by atoms with Crippen molar-refractivity contribution < 1.29 is 22.8 Å². The third-order valence-electron chi connectivity index (χ3n) is 12.0. The van der Waals surface area contributed by atoms with E-state index in [-0.39, 0.29) is 26.0 Å². The van der Waals surface area contributed by atoms with E-state index in [0.717, 1.165) is 92.4 Å². The zero-order valence-corrected chi connectivity index (χ0v) is 43.4. The van der Waals surface area contributed by atoms with Crippen LogP contribution in [-0.4, -0.2) is 32.8 Å². The van der Waals surface area contributed by atoms with Crippen LogP contribution in [0.4, 0.5) is 0 Å². The molecule has 331 valence electrons. The van der Waals surface area contributed by atoms with Gasteiger partial charge in [-0.2, -0.15) is 11.3 Å². The molecule has 4 heterocycles. The van der Waals surface area contributed by atoms with Gasteiger partial charge in [-0.05, 0) is 46.3 Å². The number of pyridine rings is 2. The Labute approximate surface area is 417 Å². The van der Waals surface area contributed by atoms with Gasteiger partial charge in [-0.1, -0.05) is 108 Å². The summed E-state index contributed by atoms with van der Waals surface area (Å²) in [6.07, 6.45) is 0.433. The Morgan fingerprint density at radius 1 is 0.672 bits per heavy atom. The van der Waals surface area contributed by atoms with Crippen LogP contribution in [0.1, 0.15) is 32.4 Å². The van der Waals surface area contributed by atoms with E-state index in [1.807, 2.05) is 86.8 Å². The Bertz CT molecular complexity index is 3500. The van der Waals surface area contributed by atoms with E-state index < -0.39 is 19.6 Å². The van der Waals surface area contributed by atoms with Crippen LogP contribution in [-0.2, 0) is 26.5 Å². The zero-order chi connectivity index (χ0) is 47.0. The molecule has 0 spiro atoms. The van der Waals surface area contributed by atoms with Crippen molar-refractivity contribution >= 4 is 60.3 Å². The molecule has 0 bridgehead atoms. The van der Waals surface area contributed by atoms with E-state index in [0.29, 0.717) is 0 Å². The van der Waals surface area contributed by atoms with Gasteiger partial charge in [0.2, 0.25) is 0 Å². The van der Waals surface area contributed by atoms with Crippen molar-refractivity contribution in [2.24, 2.45) is 0 Å². The molecule has 0 aliphatic carbocycles. The SMILES string of the molecule is Cc1ccc2c(n1)sc1c(-c3nc4ccccc4n3-c3c(-c4ccccc4)cccc3-c3ccccc3)[c-]ccc12.[2H]C([2H])(c1cc(-c2[c-]cccc2)nc[c]1[Ge]([CH3])([CH3])[CH3])C(C)c1ccccc1.[Ir]. The minimum Gasteiger partial charge on any atom is 0 e. The average Bonchev–Trinajstić information content (AvgIpc) is 3.95. The molecule has 0 aliphatic rings. The molecule has 0 fully saturated rings. The normalized spacial score (nSPS) is 12.5. The van der Waals surface area contributed by atoms with Crippen molar-refractivity contribution in [3.63, 3.8) is 0 Å². The summed E-state index contributed by atoms with van der Waals surface area (Å²) >= 11 is -0.603. The number of hydrogen-bond donors (Lipinski definition) is 0. The van der Waals surface area contributed by atoms with Crippen LogP contribution < -0.4 is 4.40 Å². The minimum absolute atomic E-state index is 0. The summed E-state index contributed by atoms with van der Waals surface area (Å²) in [5.74, 6) is 7.49. The smallest absolute Gasteiger partial charge is 0 e. The van der Waals surface area contributed by atoms with E-state index in [4.69, 9.17) is 12.7 Å². The summed E-state index contributed by atoms with van der Waals surface area (Å²) < 4.78 is 22.7. The van der Waals surface area contributed by atoms with E-state index >= 15 is 0 Å². The number of imidazole rings is 1. The molecule has 1 radical (unpaired) electrons. The molecular formula is C60H50GeIrN4S-2. The number of nitrogens with zero attached hydrogens (tertiary/aromatic N) is 4. The van der Waals surface area contributed by atoms with Gasteiger partial charge in [0.25, 0.3) is 0 Å². The maximum atomic E-state index is 9.05.